The number of aliphatic carboxylic acids is 1. The van der Waals surface area contributed by atoms with Crippen LogP contribution in [0.25, 0.3) is 0 Å². The van der Waals surface area contributed by atoms with E-state index < -0.39 is 5.97 Å². The molecule has 2 fully saturated rings. The molecule has 0 bridgehead atoms. The van der Waals surface area contributed by atoms with Gasteiger partial charge in [-0.1, -0.05) is 0 Å². The summed E-state index contributed by atoms with van der Waals surface area (Å²) in [5.41, 5.74) is 0. The molecule has 0 aromatic rings. The number of carbonyl (C=O) groups is 2. The number of nitrogens with zero attached hydrogens (tertiary/aromatic N) is 1. The number of carboxylic acids is 1. The minimum Gasteiger partial charge on any atom is -0.481 e. The lowest BCUT2D eigenvalue weighted by Gasteiger charge is -2.15. The summed E-state index contributed by atoms with van der Waals surface area (Å²) in [6.07, 6.45) is 4.23. The maximum atomic E-state index is 11.6. The van der Waals surface area contributed by atoms with Crippen LogP contribution >= 0.6 is 0 Å². The highest BCUT2D eigenvalue weighted by Crippen LogP contribution is 2.21. The Morgan fingerprint density at radius 3 is 2.71 bits per heavy atom. The van der Waals surface area contributed by atoms with E-state index in [0.717, 1.165) is 38.8 Å². The molecule has 1 unspecified atom stereocenters. The zero-order chi connectivity index (χ0) is 12.3. The molecule has 1 atom stereocenters. The fourth-order valence-electron chi connectivity index (χ4n) is 2.32. The van der Waals surface area contributed by atoms with E-state index in [0.29, 0.717) is 18.5 Å². The predicted octanol–water partition coefficient (Wildman–Crippen LogP) is 0.452. The molecule has 2 rings (SSSR count). The smallest absolute Gasteiger partial charge is 0.303 e. The van der Waals surface area contributed by atoms with Crippen molar-refractivity contribution in [1.29, 1.82) is 0 Å². The van der Waals surface area contributed by atoms with Crippen molar-refractivity contribution in [2.24, 2.45) is 5.92 Å². The van der Waals surface area contributed by atoms with Crippen LogP contribution in [0.15, 0.2) is 0 Å². The van der Waals surface area contributed by atoms with Crippen molar-refractivity contribution < 1.29 is 14.7 Å². The summed E-state index contributed by atoms with van der Waals surface area (Å²) in [7, 11) is 0. The highest BCUT2D eigenvalue weighted by molar-refractivity contribution is 5.78. The molecule has 1 aliphatic carbocycles. The fourth-order valence-corrected chi connectivity index (χ4v) is 2.32. The van der Waals surface area contributed by atoms with Gasteiger partial charge in [0.05, 0.1) is 6.54 Å². The van der Waals surface area contributed by atoms with Crippen LogP contribution in [0.4, 0.5) is 0 Å². The second-order valence-electron chi connectivity index (χ2n) is 5.16. The van der Waals surface area contributed by atoms with E-state index >= 15 is 0 Å². The van der Waals surface area contributed by atoms with Crippen molar-refractivity contribution in [3.8, 4) is 0 Å². The van der Waals surface area contributed by atoms with Crippen LogP contribution in [0.5, 0.6) is 0 Å². The Morgan fingerprint density at radius 1 is 1.29 bits per heavy atom. The normalized spacial score (nSPS) is 24.8. The first-order valence-corrected chi connectivity index (χ1v) is 6.37. The highest BCUT2D eigenvalue weighted by atomic mass is 16.4. The molecule has 0 aromatic heterocycles. The Balaban J connectivity index is 1.62. The first-order chi connectivity index (χ1) is 8.13. The number of hydrogen-bond donors (Lipinski definition) is 2. The molecule has 1 amide bonds. The average Bonchev–Trinajstić information content (AvgIpc) is 2.94. The van der Waals surface area contributed by atoms with Gasteiger partial charge in [0.15, 0.2) is 0 Å². The standard InChI is InChI=1S/C12H20N2O3/c15-11(13-10-2-3-10)8-14-6-5-9(7-14)1-4-12(16)17/h9-10H,1-8H2,(H,13,15)(H,16,17). The van der Waals surface area contributed by atoms with E-state index in [9.17, 15) is 9.59 Å². The summed E-state index contributed by atoms with van der Waals surface area (Å²) in [6, 6.07) is 0.424. The van der Waals surface area contributed by atoms with E-state index in [1.165, 1.54) is 0 Å². The number of likely N-dealkylation sites (tertiary alicyclic amines) is 1. The van der Waals surface area contributed by atoms with Gasteiger partial charge in [-0.25, -0.2) is 0 Å². The van der Waals surface area contributed by atoms with Crippen molar-refractivity contribution in [3.05, 3.63) is 0 Å². The van der Waals surface area contributed by atoms with Crippen molar-refractivity contribution in [2.45, 2.75) is 38.1 Å². The molecule has 0 spiro atoms. The van der Waals surface area contributed by atoms with Crippen molar-refractivity contribution in [1.82, 2.24) is 10.2 Å². The summed E-state index contributed by atoms with van der Waals surface area (Å²) in [6.45, 7) is 2.26. The van der Waals surface area contributed by atoms with E-state index in [-0.39, 0.29) is 12.3 Å². The molecule has 1 saturated heterocycles. The maximum absolute atomic E-state index is 11.6. The first kappa shape index (κ1) is 12.4. The van der Waals surface area contributed by atoms with Crippen LogP contribution in [-0.4, -0.2) is 47.6 Å². The number of nitrogens with one attached hydrogen (secondary N) is 1. The first-order valence-electron chi connectivity index (χ1n) is 6.37. The zero-order valence-electron chi connectivity index (χ0n) is 10.0. The molecule has 5 nitrogen and oxygen atoms in total. The van der Waals surface area contributed by atoms with Gasteiger partial charge >= 0.3 is 5.97 Å². The third kappa shape index (κ3) is 4.34. The van der Waals surface area contributed by atoms with E-state index in [1.54, 1.807) is 0 Å². The molecule has 5 heteroatoms. The summed E-state index contributed by atoms with van der Waals surface area (Å²) >= 11 is 0. The Hall–Kier alpha value is -1.10. The van der Waals surface area contributed by atoms with Gasteiger partial charge in [-0.15, -0.1) is 0 Å². The fraction of sp³-hybridized carbons (Fsp3) is 0.833. The quantitative estimate of drug-likeness (QED) is 0.707. The number of carbonyl (C=O) groups excluding carboxylic acids is 1. The Labute approximate surface area is 101 Å². The molecular weight excluding hydrogens is 220 g/mol. The van der Waals surface area contributed by atoms with Crippen LogP contribution in [0.2, 0.25) is 0 Å². The SMILES string of the molecule is O=C(O)CCC1CCN(CC(=O)NC2CC2)C1. The number of rotatable bonds is 6. The summed E-state index contributed by atoms with van der Waals surface area (Å²) < 4.78 is 0. The second kappa shape index (κ2) is 5.49. The van der Waals surface area contributed by atoms with Crippen LogP contribution in [-0.2, 0) is 9.59 Å². The predicted molar refractivity (Wildman–Crippen MR) is 62.6 cm³/mol. The van der Waals surface area contributed by atoms with E-state index in [4.69, 9.17) is 5.11 Å². The van der Waals surface area contributed by atoms with Crippen LogP contribution in [0.1, 0.15) is 32.1 Å². The summed E-state index contributed by atoms with van der Waals surface area (Å²) in [5.74, 6) is -0.166. The number of amides is 1. The topological polar surface area (TPSA) is 69.6 Å². The van der Waals surface area contributed by atoms with Gasteiger partial charge in [-0.2, -0.15) is 0 Å². The van der Waals surface area contributed by atoms with Crippen molar-refractivity contribution in [2.75, 3.05) is 19.6 Å². The van der Waals surface area contributed by atoms with Gasteiger partial charge in [0.25, 0.3) is 0 Å². The average molecular weight is 240 g/mol. The lowest BCUT2D eigenvalue weighted by molar-refractivity contribution is -0.137. The van der Waals surface area contributed by atoms with Gasteiger partial charge in [-0.05, 0) is 38.1 Å². The molecule has 1 saturated carbocycles. The van der Waals surface area contributed by atoms with Gasteiger partial charge in [0.1, 0.15) is 0 Å². The lowest BCUT2D eigenvalue weighted by atomic mass is 10.0. The van der Waals surface area contributed by atoms with Crippen LogP contribution in [0, 0.1) is 5.92 Å². The molecule has 0 radical (unpaired) electrons. The maximum Gasteiger partial charge on any atom is 0.303 e. The Morgan fingerprint density at radius 2 is 2.06 bits per heavy atom. The monoisotopic (exact) mass is 240 g/mol. The third-order valence-electron chi connectivity index (χ3n) is 3.45. The molecule has 2 aliphatic rings. The minimum absolute atomic E-state index is 0.117. The van der Waals surface area contributed by atoms with Crippen LogP contribution in [0.3, 0.4) is 0 Å². The summed E-state index contributed by atoms with van der Waals surface area (Å²) in [4.78, 5) is 24.2. The van der Waals surface area contributed by atoms with Gasteiger partial charge < -0.3 is 10.4 Å². The highest BCUT2D eigenvalue weighted by Gasteiger charge is 2.27. The van der Waals surface area contributed by atoms with E-state index in [1.807, 2.05) is 0 Å². The van der Waals surface area contributed by atoms with Gasteiger partial charge in [0, 0.05) is 19.0 Å². The zero-order valence-corrected chi connectivity index (χ0v) is 10.0. The number of carboxylic acid groups (broad SMARTS) is 1. The van der Waals surface area contributed by atoms with Gasteiger partial charge in [-0.3, -0.25) is 14.5 Å². The lowest BCUT2D eigenvalue weighted by Crippen LogP contribution is -2.37. The minimum atomic E-state index is -0.727. The van der Waals surface area contributed by atoms with Crippen molar-refractivity contribution in [3.63, 3.8) is 0 Å². The van der Waals surface area contributed by atoms with Gasteiger partial charge in [0.2, 0.25) is 5.91 Å². The van der Waals surface area contributed by atoms with E-state index in [2.05, 4.69) is 10.2 Å². The largest absolute Gasteiger partial charge is 0.481 e. The molecule has 1 heterocycles. The molecule has 96 valence electrons. The summed E-state index contributed by atoms with van der Waals surface area (Å²) in [5, 5.41) is 11.6. The Bertz CT molecular complexity index is 302. The Kier molecular flexibility index (Phi) is 3.99. The number of hydrogen-bond acceptors (Lipinski definition) is 3. The molecule has 1 aliphatic heterocycles. The molecule has 0 aromatic carbocycles. The molecule has 2 N–H and O–H groups in total. The molecule has 17 heavy (non-hydrogen) atoms. The molecular formula is C12H20N2O3. The second-order valence-corrected chi connectivity index (χ2v) is 5.16. The van der Waals surface area contributed by atoms with Crippen LogP contribution < -0.4 is 5.32 Å². The van der Waals surface area contributed by atoms with Crippen molar-refractivity contribution >= 4 is 11.9 Å². The third-order valence-corrected chi connectivity index (χ3v) is 3.45.